The van der Waals surface area contributed by atoms with Crippen LogP contribution in [0.2, 0.25) is 0 Å². The minimum absolute atomic E-state index is 1.13. The first-order valence-electron chi connectivity index (χ1n) is 8.60. The van der Waals surface area contributed by atoms with E-state index in [-0.39, 0.29) is 0 Å². The summed E-state index contributed by atoms with van der Waals surface area (Å²) in [6.07, 6.45) is 13.0. The molecule has 0 saturated carbocycles. The maximum atomic E-state index is 3.60. The molecule has 0 bridgehead atoms. The lowest BCUT2D eigenvalue weighted by atomic mass is 10.3. The van der Waals surface area contributed by atoms with Crippen LogP contribution in [0.4, 0.5) is 0 Å². The van der Waals surface area contributed by atoms with Gasteiger partial charge in [-0.2, -0.15) is 0 Å². The molecule has 4 rings (SSSR count). The quantitative estimate of drug-likeness (QED) is 0.186. The number of hydrogen-bond acceptors (Lipinski definition) is 4. The normalized spacial score (nSPS) is 12.3. The van der Waals surface area contributed by atoms with E-state index in [2.05, 4.69) is 137 Å². The lowest BCUT2D eigenvalue weighted by Crippen LogP contribution is -1.63. The molecule has 0 N–H and O–H groups in total. The van der Waals surface area contributed by atoms with E-state index >= 15 is 0 Å². The molecule has 0 aliphatic carbocycles. The molecule has 4 aromatic rings. The van der Waals surface area contributed by atoms with Crippen LogP contribution in [0, 0.1) is 0 Å². The fraction of sp³-hybridized carbons (Fsp3) is 0. The highest BCUT2D eigenvalue weighted by atomic mass is 79.9. The van der Waals surface area contributed by atoms with Crippen LogP contribution in [0.1, 0.15) is 30.6 Å². The molecular formula is C22H12Br4S4. The van der Waals surface area contributed by atoms with Gasteiger partial charge in [0.1, 0.15) is 0 Å². The van der Waals surface area contributed by atoms with Crippen molar-refractivity contribution in [1.82, 2.24) is 0 Å². The van der Waals surface area contributed by atoms with Gasteiger partial charge in [-0.25, -0.2) is 0 Å². The summed E-state index contributed by atoms with van der Waals surface area (Å²) in [5, 5.41) is 0. The molecule has 0 aliphatic rings. The highest BCUT2D eigenvalue weighted by Gasteiger charge is 2.03. The number of halogens is 4. The Labute approximate surface area is 225 Å². The van der Waals surface area contributed by atoms with E-state index in [1.54, 1.807) is 45.3 Å². The van der Waals surface area contributed by atoms with Gasteiger partial charge in [-0.15, -0.1) is 45.3 Å². The molecule has 0 radical (unpaired) electrons. The fourth-order valence-electron chi connectivity index (χ4n) is 2.54. The van der Waals surface area contributed by atoms with E-state index < -0.39 is 0 Å². The van der Waals surface area contributed by atoms with Gasteiger partial charge in [0.25, 0.3) is 0 Å². The molecule has 8 heteroatoms. The van der Waals surface area contributed by atoms with Crippen molar-refractivity contribution in [3.8, 4) is 0 Å². The van der Waals surface area contributed by atoms with Gasteiger partial charge >= 0.3 is 0 Å². The summed E-state index contributed by atoms with van der Waals surface area (Å²) in [5.41, 5.74) is 2.39. The molecular weight excluding hydrogens is 712 g/mol. The second-order valence-corrected chi connectivity index (χ2v) is 15.8. The molecule has 0 nitrogen and oxygen atoms in total. The molecule has 0 spiro atoms. The third kappa shape index (κ3) is 6.25. The van der Waals surface area contributed by atoms with Crippen LogP contribution in [-0.4, -0.2) is 0 Å². The maximum Gasteiger partial charge on any atom is 0.0782 e. The van der Waals surface area contributed by atoms with Crippen molar-refractivity contribution in [2.45, 2.75) is 0 Å². The van der Waals surface area contributed by atoms with Gasteiger partial charge in [-0.1, -0.05) is 12.2 Å². The van der Waals surface area contributed by atoms with Gasteiger partial charge in [-0.05, 0) is 124 Å². The zero-order valence-corrected chi connectivity index (χ0v) is 24.7. The minimum atomic E-state index is 1.13. The highest BCUT2D eigenvalue weighted by Crippen LogP contribution is 2.34. The van der Waals surface area contributed by atoms with Gasteiger partial charge in [0, 0.05) is 30.6 Å². The van der Waals surface area contributed by atoms with Crippen molar-refractivity contribution in [3.05, 3.63) is 82.2 Å². The monoisotopic (exact) mass is 720 g/mol. The number of thiophene rings is 4. The van der Waals surface area contributed by atoms with Crippen LogP contribution < -0.4 is 0 Å². The van der Waals surface area contributed by atoms with Gasteiger partial charge < -0.3 is 0 Å². The topological polar surface area (TPSA) is 0 Å². The summed E-state index contributed by atoms with van der Waals surface area (Å²) in [6, 6.07) is 12.9. The van der Waals surface area contributed by atoms with E-state index in [0.29, 0.717) is 0 Å². The van der Waals surface area contributed by atoms with Crippen LogP contribution >= 0.6 is 109 Å². The van der Waals surface area contributed by atoms with Gasteiger partial charge in [-0.3, -0.25) is 0 Å². The van der Waals surface area contributed by atoms with Crippen LogP contribution in [-0.2, 0) is 0 Å². The van der Waals surface area contributed by atoms with E-state index in [4.69, 9.17) is 0 Å². The second-order valence-electron chi connectivity index (χ2n) is 6.04. The number of hydrogen-bond donors (Lipinski definition) is 0. The zero-order chi connectivity index (χ0) is 21.1. The Bertz CT molecular complexity index is 1150. The average Bonchev–Trinajstić information content (AvgIpc) is 3.46. The van der Waals surface area contributed by atoms with E-state index in [1.165, 1.54) is 30.6 Å². The molecule has 152 valence electrons. The molecule has 0 aliphatic heterocycles. The zero-order valence-electron chi connectivity index (χ0n) is 15.1. The predicted molar refractivity (Wildman–Crippen MR) is 155 cm³/mol. The Morgan fingerprint density at radius 2 is 0.800 bits per heavy atom. The highest BCUT2D eigenvalue weighted by molar-refractivity contribution is 9.12. The van der Waals surface area contributed by atoms with Crippen LogP contribution in [0.3, 0.4) is 0 Å². The molecule has 4 aromatic heterocycles. The smallest absolute Gasteiger partial charge is 0.0782 e. The first kappa shape index (κ1) is 23.1. The molecule has 0 aromatic carbocycles. The fourth-order valence-corrected chi connectivity index (χ4v) is 9.68. The molecule has 0 amide bonds. The van der Waals surface area contributed by atoms with Crippen molar-refractivity contribution < 1.29 is 0 Å². The third-order valence-corrected chi connectivity index (χ3v) is 10.7. The Balaban J connectivity index is 1.40. The van der Waals surface area contributed by atoms with Crippen molar-refractivity contribution in [1.29, 1.82) is 0 Å². The molecule has 0 saturated heterocycles. The van der Waals surface area contributed by atoms with Crippen molar-refractivity contribution >= 4 is 146 Å². The summed E-state index contributed by atoms with van der Waals surface area (Å²) in [7, 11) is 0. The largest absolute Gasteiger partial charge is 0.137 e. The van der Waals surface area contributed by atoms with Crippen molar-refractivity contribution in [2.24, 2.45) is 0 Å². The van der Waals surface area contributed by atoms with E-state index in [1.807, 2.05) is 0 Å². The first-order valence-corrected chi connectivity index (χ1v) is 15.0. The van der Waals surface area contributed by atoms with E-state index in [0.717, 1.165) is 15.1 Å². The SMILES string of the molecule is Brc1cc(/C=C/c2ccc(/C=C/c3ccc(/C=C/c4cc(Br)sc4Br)s3)s2)c(Br)s1. The Kier molecular flexibility index (Phi) is 8.25. The molecule has 0 atom stereocenters. The Morgan fingerprint density at radius 3 is 1.10 bits per heavy atom. The van der Waals surface area contributed by atoms with Crippen LogP contribution in [0.5, 0.6) is 0 Å². The average molecular weight is 724 g/mol. The standard InChI is InChI=1S/C22H12Br4S4/c23-19-11-13(21(25)29-19)1-3-15-5-7-17(27-15)9-10-18-8-6-16(28-18)4-2-14-12-20(24)30-22(14)26/h1-12H/b3-1+,4-2+,10-9+. The maximum absolute atomic E-state index is 3.60. The van der Waals surface area contributed by atoms with Crippen molar-refractivity contribution in [3.63, 3.8) is 0 Å². The molecule has 0 fully saturated rings. The molecule has 0 unspecified atom stereocenters. The summed E-state index contributed by atoms with van der Waals surface area (Å²) in [5.74, 6) is 0. The molecule has 30 heavy (non-hydrogen) atoms. The summed E-state index contributed by atoms with van der Waals surface area (Å²) < 4.78 is 4.54. The van der Waals surface area contributed by atoms with Crippen LogP contribution in [0.15, 0.2) is 51.5 Å². The summed E-state index contributed by atoms with van der Waals surface area (Å²) in [6.45, 7) is 0. The second kappa shape index (κ2) is 10.7. The van der Waals surface area contributed by atoms with Gasteiger partial charge in [0.15, 0.2) is 0 Å². The third-order valence-electron chi connectivity index (χ3n) is 3.93. The lowest BCUT2D eigenvalue weighted by Gasteiger charge is -1.88. The summed E-state index contributed by atoms with van der Waals surface area (Å²) >= 11 is 21.2. The Hall–Kier alpha value is -0.0600. The van der Waals surface area contributed by atoms with Gasteiger partial charge in [0.2, 0.25) is 0 Å². The Morgan fingerprint density at radius 1 is 0.467 bits per heavy atom. The minimum Gasteiger partial charge on any atom is -0.137 e. The van der Waals surface area contributed by atoms with Crippen LogP contribution in [0.25, 0.3) is 36.5 Å². The van der Waals surface area contributed by atoms with Crippen molar-refractivity contribution in [2.75, 3.05) is 0 Å². The first-order chi connectivity index (χ1) is 14.5. The van der Waals surface area contributed by atoms with Gasteiger partial charge in [0.05, 0.1) is 15.1 Å². The lowest BCUT2D eigenvalue weighted by molar-refractivity contribution is 1.82. The summed E-state index contributed by atoms with van der Waals surface area (Å²) in [4.78, 5) is 4.98. The van der Waals surface area contributed by atoms with E-state index in [9.17, 15) is 0 Å². The number of rotatable bonds is 6. The predicted octanol–water partition coefficient (Wildman–Crippen LogP) is 11.5. The molecule has 4 heterocycles.